The fraction of sp³-hybridized carbons (Fsp3) is 0. The van der Waals surface area contributed by atoms with Crippen LogP contribution in [0.25, 0.3) is 0 Å². The van der Waals surface area contributed by atoms with Crippen molar-refractivity contribution in [2.45, 2.75) is 0 Å². The van der Waals surface area contributed by atoms with Crippen LogP contribution in [0.3, 0.4) is 0 Å². The van der Waals surface area contributed by atoms with E-state index in [2.05, 4.69) is 17.5 Å². The minimum atomic E-state index is -0.319. The van der Waals surface area contributed by atoms with Gasteiger partial charge >= 0.3 is 0 Å². The summed E-state index contributed by atoms with van der Waals surface area (Å²) >= 11 is 4.40. The molecule has 1 rings (SSSR count). The van der Waals surface area contributed by atoms with Gasteiger partial charge in [0.25, 0.3) is 5.91 Å². The van der Waals surface area contributed by atoms with Crippen LogP contribution in [0, 0.1) is 0 Å². The standard InChI is InChI=1S/C6H5NO2S/c8-6(7-4-10)5-2-1-3-9-5/h1-4H,(H,7,8,10). The molecule has 0 spiro atoms. The predicted octanol–water partition coefficient (Wildman–Crippen LogP) is 0.967. The summed E-state index contributed by atoms with van der Waals surface area (Å²) in [6.07, 6.45) is 1.43. The van der Waals surface area contributed by atoms with Crippen molar-refractivity contribution in [1.82, 2.24) is 5.32 Å². The van der Waals surface area contributed by atoms with E-state index in [0.29, 0.717) is 0 Å². The molecule has 1 heterocycles. The molecule has 1 aromatic rings. The van der Waals surface area contributed by atoms with E-state index >= 15 is 0 Å². The van der Waals surface area contributed by atoms with Crippen LogP contribution < -0.4 is 5.32 Å². The molecule has 0 saturated heterocycles. The van der Waals surface area contributed by atoms with E-state index in [-0.39, 0.29) is 11.7 Å². The lowest BCUT2D eigenvalue weighted by Gasteiger charge is -1.90. The van der Waals surface area contributed by atoms with Crippen LogP contribution in [-0.4, -0.2) is 11.4 Å². The highest BCUT2D eigenvalue weighted by atomic mass is 32.1. The Bertz CT molecular complexity index is 230. The normalized spacial score (nSPS) is 8.80. The lowest BCUT2D eigenvalue weighted by Crippen LogP contribution is -2.19. The van der Waals surface area contributed by atoms with Crippen molar-refractivity contribution in [1.29, 1.82) is 0 Å². The second-order valence-electron chi connectivity index (χ2n) is 1.57. The number of carbonyl (C=O) groups is 1. The van der Waals surface area contributed by atoms with Gasteiger partial charge < -0.3 is 9.73 Å². The molecule has 4 heteroatoms. The minimum absolute atomic E-state index is 0.265. The van der Waals surface area contributed by atoms with Crippen LogP contribution in [0.5, 0.6) is 0 Å². The molecule has 0 unspecified atom stereocenters. The van der Waals surface area contributed by atoms with Gasteiger partial charge in [-0.3, -0.25) is 4.79 Å². The van der Waals surface area contributed by atoms with E-state index in [1.54, 1.807) is 12.1 Å². The van der Waals surface area contributed by atoms with Gasteiger partial charge in [0.15, 0.2) is 5.76 Å². The molecule has 3 nitrogen and oxygen atoms in total. The molecule has 0 aromatic carbocycles. The number of hydrogen-bond acceptors (Lipinski definition) is 3. The van der Waals surface area contributed by atoms with Crippen molar-refractivity contribution in [2.24, 2.45) is 0 Å². The van der Waals surface area contributed by atoms with E-state index in [9.17, 15) is 4.79 Å². The number of nitrogens with one attached hydrogen (secondary N) is 1. The van der Waals surface area contributed by atoms with Gasteiger partial charge in [-0.15, -0.1) is 0 Å². The maximum absolute atomic E-state index is 10.8. The van der Waals surface area contributed by atoms with Gasteiger partial charge in [0, 0.05) is 0 Å². The molecule has 1 N–H and O–H groups in total. The largest absolute Gasteiger partial charge is 0.459 e. The molecule has 1 amide bonds. The molecule has 0 fully saturated rings. The first-order valence-corrected chi connectivity index (χ1v) is 3.10. The van der Waals surface area contributed by atoms with Crippen molar-refractivity contribution >= 4 is 23.6 Å². The second kappa shape index (κ2) is 3.12. The lowest BCUT2D eigenvalue weighted by molar-refractivity contribution is 0.0952. The molecule has 52 valence electrons. The summed E-state index contributed by atoms with van der Waals surface area (Å²) in [5.74, 6) is -0.0545. The fourth-order valence-electron chi connectivity index (χ4n) is 0.532. The number of thiocarbonyl (C=S) groups is 1. The zero-order valence-corrected chi connectivity index (χ0v) is 5.85. The number of furan rings is 1. The van der Waals surface area contributed by atoms with E-state index in [1.165, 1.54) is 6.26 Å². The summed E-state index contributed by atoms with van der Waals surface area (Å²) in [5, 5.41) is 2.31. The summed E-state index contributed by atoms with van der Waals surface area (Å²) in [7, 11) is 0. The van der Waals surface area contributed by atoms with Gasteiger partial charge in [-0.25, -0.2) is 0 Å². The first kappa shape index (κ1) is 6.95. The molecule has 1 aromatic heterocycles. The topological polar surface area (TPSA) is 42.2 Å². The van der Waals surface area contributed by atoms with Crippen molar-refractivity contribution in [3.05, 3.63) is 24.2 Å². The average Bonchev–Trinajstić information content (AvgIpc) is 2.38. The fourth-order valence-corrected chi connectivity index (χ4v) is 0.639. The minimum Gasteiger partial charge on any atom is -0.459 e. The van der Waals surface area contributed by atoms with Gasteiger partial charge in [0.05, 0.1) is 11.8 Å². The van der Waals surface area contributed by atoms with Crippen LogP contribution in [0.4, 0.5) is 0 Å². The highest BCUT2D eigenvalue weighted by molar-refractivity contribution is 7.78. The van der Waals surface area contributed by atoms with E-state index < -0.39 is 0 Å². The number of amides is 1. The Balaban J connectivity index is 2.68. The van der Waals surface area contributed by atoms with Crippen LogP contribution in [0.15, 0.2) is 22.8 Å². The lowest BCUT2D eigenvalue weighted by atomic mass is 10.4. The van der Waals surface area contributed by atoms with Crippen LogP contribution in [-0.2, 0) is 0 Å². The smallest absolute Gasteiger partial charge is 0.291 e. The van der Waals surface area contributed by atoms with E-state index in [4.69, 9.17) is 4.42 Å². The molecule has 0 aliphatic rings. The first-order chi connectivity index (χ1) is 4.84. The molecule has 0 aliphatic carbocycles. The van der Waals surface area contributed by atoms with Gasteiger partial charge in [-0.1, -0.05) is 12.2 Å². The third kappa shape index (κ3) is 1.41. The Morgan fingerprint density at radius 1 is 1.80 bits per heavy atom. The third-order valence-corrected chi connectivity index (χ3v) is 1.05. The van der Waals surface area contributed by atoms with Crippen LogP contribution >= 0.6 is 12.2 Å². The summed E-state index contributed by atoms with van der Waals surface area (Å²) in [6, 6.07) is 3.20. The SMILES string of the molecule is O=C(NC=S)c1ccco1. The average molecular weight is 155 g/mol. The Kier molecular flexibility index (Phi) is 2.17. The van der Waals surface area contributed by atoms with Gasteiger partial charge in [0.2, 0.25) is 0 Å². The molecule has 10 heavy (non-hydrogen) atoms. The molecular formula is C6H5NO2S. The van der Waals surface area contributed by atoms with E-state index in [0.717, 1.165) is 5.49 Å². The predicted molar refractivity (Wildman–Crippen MR) is 39.8 cm³/mol. The van der Waals surface area contributed by atoms with Gasteiger partial charge in [-0.05, 0) is 12.1 Å². The highest BCUT2D eigenvalue weighted by Crippen LogP contribution is 1.97. The molecule has 0 bridgehead atoms. The second-order valence-corrected chi connectivity index (χ2v) is 1.80. The van der Waals surface area contributed by atoms with Crippen molar-refractivity contribution < 1.29 is 9.21 Å². The zero-order valence-electron chi connectivity index (χ0n) is 5.03. The highest BCUT2D eigenvalue weighted by Gasteiger charge is 2.04. The van der Waals surface area contributed by atoms with Crippen LogP contribution in [0.2, 0.25) is 0 Å². The Labute approximate surface area is 63.0 Å². The maximum Gasteiger partial charge on any atom is 0.291 e. The molecule has 0 atom stereocenters. The van der Waals surface area contributed by atoms with E-state index in [1.807, 2.05) is 0 Å². The quantitative estimate of drug-likeness (QED) is 0.647. The maximum atomic E-state index is 10.8. The summed E-state index contributed by atoms with van der Waals surface area (Å²) < 4.78 is 4.77. The summed E-state index contributed by atoms with van der Waals surface area (Å²) in [6.45, 7) is 0. The number of hydrogen-bond donors (Lipinski definition) is 1. The molecular weight excluding hydrogens is 150 g/mol. The Morgan fingerprint density at radius 3 is 3.10 bits per heavy atom. The summed E-state index contributed by atoms with van der Waals surface area (Å²) in [4.78, 5) is 10.8. The van der Waals surface area contributed by atoms with Crippen molar-refractivity contribution in [3.63, 3.8) is 0 Å². The first-order valence-electron chi connectivity index (χ1n) is 2.62. The van der Waals surface area contributed by atoms with Crippen LogP contribution in [0.1, 0.15) is 10.6 Å². The monoisotopic (exact) mass is 155 g/mol. The molecule has 0 aliphatic heterocycles. The molecule has 0 saturated carbocycles. The number of carbonyl (C=O) groups excluding carboxylic acids is 1. The van der Waals surface area contributed by atoms with Gasteiger partial charge in [0.1, 0.15) is 0 Å². The Morgan fingerprint density at radius 2 is 2.60 bits per heavy atom. The summed E-state index contributed by atoms with van der Waals surface area (Å²) in [5.41, 5.74) is 1.14. The third-order valence-electron chi connectivity index (χ3n) is 0.935. The zero-order chi connectivity index (χ0) is 7.40. The molecule has 0 radical (unpaired) electrons. The van der Waals surface area contributed by atoms with Gasteiger partial charge in [-0.2, -0.15) is 0 Å². The van der Waals surface area contributed by atoms with Crippen molar-refractivity contribution in [2.75, 3.05) is 0 Å². The van der Waals surface area contributed by atoms with Crippen molar-refractivity contribution in [3.8, 4) is 0 Å². The number of rotatable bonds is 2. The Hall–Kier alpha value is -1.16.